The highest BCUT2D eigenvalue weighted by Gasteiger charge is 2.32. The van der Waals surface area contributed by atoms with E-state index in [1.54, 1.807) is 0 Å². The first-order chi connectivity index (χ1) is 14.5. The van der Waals surface area contributed by atoms with Gasteiger partial charge in [0.1, 0.15) is 0 Å². The van der Waals surface area contributed by atoms with Gasteiger partial charge < -0.3 is 9.47 Å². The third kappa shape index (κ3) is 15.8. The zero-order chi connectivity index (χ0) is 22.5. The molecule has 176 valence electrons. The van der Waals surface area contributed by atoms with Gasteiger partial charge >= 0.3 is 11.9 Å². The highest BCUT2D eigenvalue weighted by Crippen LogP contribution is 2.39. The van der Waals surface area contributed by atoms with Crippen LogP contribution in [-0.2, 0) is 23.6 Å². The monoisotopic (exact) mass is 444 g/mol. The van der Waals surface area contributed by atoms with Crippen LogP contribution in [-0.4, -0.2) is 30.3 Å². The standard InChI is InChI=1S/C24H45O5P/c1-4-7-10-11-12-13-14-17-24(30-27,18-15-22(25)28-20-8-5-2)19-16-23(26)29-21-9-6-3/h4-21H2,1-3H3. The maximum atomic E-state index is 12.2. The van der Waals surface area contributed by atoms with Gasteiger partial charge in [-0.2, -0.15) is 0 Å². The van der Waals surface area contributed by atoms with Crippen molar-refractivity contribution in [2.24, 2.45) is 0 Å². The van der Waals surface area contributed by atoms with Crippen molar-refractivity contribution in [3.8, 4) is 0 Å². The quantitative estimate of drug-likeness (QED) is 0.105. The van der Waals surface area contributed by atoms with Crippen LogP contribution in [0.5, 0.6) is 0 Å². The Labute approximate surface area is 186 Å². The van der Waals surface area contributed by atoms with Gasteiger partial charge in [0.2, 0.25) is 0 Å². The third-order valence-corrected chi connectivity index (χ3v) is 6.61. The first-order valence-corrected chi connectivity index (χ1v) is 13.0. The third-order valence-electron chi connectivity index (χ3n) is 5.55. The number of carbonyl (C=O) groups excluding carboxylic acids is 2. The van der Waals surface area contributed by atoms with E-state index in [9.17, 15) is 14.2 Å². The Morgan fingerprint density at radius 1 is 0.633 bits per heavy atom. The van der Waals surface area contributed by atoms with Crippen molar-refractivity contribution in [3.63, 3.8) is 0 Å². The molecule has 0 heterocycles. The van der Waals surface area contributed by atoms with Crippen molar-refractivity contribution < 1.29 is 23.6 Å². The normalized spacial score (nSPS) is 11.6. The van der Waals surface area contributed by atoms with E-state index in [-0.39, 0.29) is 33.2 Å². The van der Waals surface area contributed by atoms with Crippen molar-refractivity contribution in [3.05, 3.63) is 0 Å². The molecule has 0 aliphatic carbocycles. The molecule has 0 rings (SSSR count). The summed E-state index contributed by atoms with van der Waals surface area (Å²) >= 11 is 0. The zero-order valence-electron chi connectivity index (χ0n) is 19.7. The smallest absolute Gasteiger partial charge is 0.305 e. The number of carbonyl (C=O) groups is 2. The number of esters is 2. The predicted molar refractivity (Wildman–Crippen MR) is 123 cm³/mol. The Balaban J connectivity index is 4.62. The minimum atomic E-state index is -0.545. The maximum Gasteiger partial charge on any atom is 0.305 e. The van der Waals surface area contributed by atoms with Crippen LogP contribution >= 0.6 is 8.46 Å². The summed E-state index contributed by atoms with van der Waals surface area (Å²) in [5.74, 6) is -0.469. The Morgan fingerprint density at radius 3 is 1.50 bits per heavy atom. The number of hydrogen-bond acceptors (Lipinski definition) is 5. The van der Waals surface area contributed by atoms with Crippen LogP contribution in [0.15, 0.2) is 0 Å². The van der Waals surface area contributed by atoms with Crippen molar-refractivity contribution in [2.45, 2.75) is 129 Å². The van der Waals surface area contributed by atoms with Gasteiger partial charge in [0.25, 0.3) is 0 Å². The molecule has 0 spiro atoms. The molecule has 0 aromatic carbocycles. The van der Waals surface area contributed by atoms with Gasteiger partial charge in [-0.3, -0.25) is 14.2 Å². The highest BCUT2D eigenvalue weighted by molar-refractivity contribution is 7.26. The van der Waals surface area contributed by atoms with Crippen LogP contribution in [0.2, 0.25) is 0 Å². The first-order valence-electron chi connectivity index (χ1n) is 12.2. The molecule has 0 radical (unpaired) electrons. The van der Waals surface area contributed by atoms with Crippen molar-refractivity contribution in [1.29, 1.82) is 0 Å². The topological polar surface area (TPSA) is 69.7 Å². The number of hydrogen-bond donors (Lipinski definition) is 0. The molecule has 0 amide bonds. The molecule has 0 N–H and O–H groups in total. The predicted octanol–water partition coefficient (Wildman–Crippen LogP) is 7.40. The molecule has 0 bridgehead atoms. The molecular formula is C24H45O5P. The molecule has 0 fully saturated rings. The summed E-state index contributed by atoms with van der Waals surface area (Å²) in [7, 11) is 0.0170. The Hall–Kier alpha value is -0.960. The van der Waals surface area contributed by atoms with E-state index in [2.05, 4.69) is 20.8 Å². The molecule has 0 unspecified atom stereocenters. The van der Waals surface area contributed by atoms with E-state index in [0.717, 1.165) is 44.9 Å². The summed E-state index contributed by atoms with van der Waals surface area (Å²) in [5.41, 5.74) is 0. The summed E-state index contributed by atoms with van der Waals surface area (Å²) < 4.78 is 22.7. The molecule has 0 saturated carbocycles. The fraction of sp³-hybridized carbons (Fsp3) is 0.917. The molecule has 0 aliphatic heterocycles. The summed E-state index contributed by atoms with van der Waals surface area (Å²) in [5, 5.41) is -0.545. The molecule has 0 aromatic heterocycles. The lowest BCUT2D eigenvalue weighted by molar-refractivity contribution is -0.144. The average molecular weight is 445 g/mol. The van der Waals surface area contributed by atoms with E-state index in [0.29, 0.717) is 26.1 Å². The molecule has 5 nitrogen and oxygen atoms in total. The van der Waals surface area contributed by atoms with E-state index in [1.165, 1.54) is 32.1 Å². The summed E-state index contributed by atoms with van der Waals surface area (Å²) in [6.07, 6.45) is 14.2. The van der Waals surface area contributed by atoms with Crippen LogP contribution in [0.1, 0.15) is 124 Å². The molecule has 0 aliphatic rings. The van der Waals surface area contributed by atoms with Gasteiger partial charge in [0, 0.05) is 12.8 Å². The summed E-state index contributed by atoms with van der Waals surface area (Å²) in [6, 6.07) is 0. The lowest BCUT2D eigenvalue weighted by atomic mass is 9.90. The zero-order valence-corrected chi connectivity index (χ0v) is 20.6. The molecule has 30 heavy (non-hydrogen) atoms. The highest BCUT2D eigenvalue weighted by atomic mass is 31.1. The summed E-state index contributed by atoms with van der Waals surface area (Å²) in [6.45, 7) is 7.20. The molecule has 0 saturated heterocycles. The first kappa shape index (κ1) is 29.0. The molecule has 6 heteroatoms. The van der Waals surface area contributed by atoms with Gasteiger partial charge in [0.05, 0.1) is 18.4 Å². The van der Waals surface area contributed by atoms with E-state index in [1.807, 2.05) is 0 Å². The number of ether oxygens (including phenoxy) is 2. The second-order valence-electron chi connectivity index (χ2n) is 8.33. The van der Waals surface area contributed by atoms with Crippen molar-refractivity contribution in [2.75, 3.05) is 13.2 Å². The SMILES string of the molecule is CCCCCCCCCC(CCC(=O)OCCCC)(CCC(=O)OCCCC)P=O. The Morgan fingerprint density at radius 2 is 1.07 bits per heavy atom. The van der Waals surface area contributed by atoms with Crippen LogP contribution in [0, 0.1) is 0 Å². The Kier molecular flexibility index (Phi) is 19.3. The molecule has 0 aromatic rings. The fourth-order valence-electron chi connectivity index (χ4n) is 3.40. The van der Waals surface area contributed by atoms with Crippen molar-refractivity contribution in [1.82, 2.24) is 0 Å². The lowest BCUT2D eigenvalue weighted by Gasteiger charge is -2.26. The summed E-state index contributed by atoms with van der Waals surface area (Å²) in [4.78, 5) is 24.1. The lowest BCUT2D eigenvalue weighted by Crippen LogP contribution is -2.25. The van der Waals surface area contributed by atoms with Crippen LogP contribution in [0.25, 0.3) is 0 Å². The van der Waals surface area contributed by atoms with Gasteiger partial charge in [0.15, 0.2) is 8.46 Å². The minimum Gasteiger partial charge on any atom is -0.466 e. The number of unbranched alkanes of at least 4 members (excludes halogenated alkanes) is 8. The minimum absolute atomic E-state index is 0.0170. The van der Waals surface area contributed by atoms with Crippen LogP contribution in [0.3, 0.4) is 0 Å². The van der Waals surface area contributed by atoms with E-state index < -0.39 is 5.16 Å². The van der Waals surface area contributed by atoms with Crippen molar-refractivity contribution >= 4 is 20.4 Å². The second-order valence-corrected chi connectivity index (χ2v) is 9.47. The van der Waals surface area contributed by atoms with Gasteiger partial charge in [-0.25, -0.2) is 0 Å². The van der Waals surface area contributed by atoms with Gasteiger partial charge in [-0.1, -0.05) is 78.6 Å². The average Bonchev–Trinajstić information content (AvgIpc) is 2.75. The molecule has 0 atom stereocenters. The fourth-order valence-corrected chi connectivity index (χ4v) is 4.05. The van der Waals surface area contributed by atoms with Crippen LogP contribution in [0.4, 0.5) is 0 Å². The second kappa shape index (κ2) is 20.0. The van der Waals surface area contributed by atoms with Gasteiger partial charge in [-0.15, -0.1) is 0 Å². The van der Waals surface area contributed by atoms with Gasteiger partial charge in [-0.05, 0) is 32.1 Å². The van der Waals surface area contributed by atoms with Crippen LogP contribution < -0.4 is 0 Å². The Bertz CT molecular complexity index is 427. The molecular weight excluding hydrogens is 399 g/mol. The largest absolute Gasteiger partial charge is 0.466 e. The van der Waals surface area contributed by atoms with E-state index in [4.69, 9.17) is 9.47 Å². The number of rotatable bonds is 21. The maximum absolute atomic E-state index is 12.2. The van der Waals surface area contributed by atoms with E-state index >= 15 is 0 Å².